The molecule has 0 aliphatic carbocycles. The number of aliphatic imine (C=N–C) groups is 1. The van der Waals surface area contributed by atoms with Gasteiger partial charge in [-0.15, -0.1) is 0 Å². The predicted octanol–water partition coefficient (Wildman–Crippen LogP) is 1.32. The lowest BCUT2D eigenvalue weighted by molar-refractivity contribution is -0.118. The molecule has 14 heavy (non-hydrogen) atoms. The molecule has 1 unspecified atom stereocenters. The number of hydrogen-bond donors (Lipinski definition) is 1. The molecule has 2 heterocycles. The van der Waals surface area contributed by atoms with E-state index in [9.17, 15) is 4.79 Å². The molecule has 1 fully saturated rings. The maximum atomic E-state index is 11.1. The summed E-state index contributed by atoms with van der Waals surface area (Å²) in [5.41, 5.74) is 0.754. The Labute approximate surface area is 85.8 Å². The molecule has 1 aliphatic heterocycles. The van der Waals surface area contributed by atoms with Gasteiger partial charge in [0.15, 0.2) is 5.17 Å². The molecule has 2 rings (SSSR count). The highest BCUT2D eigenvalue weighted by Gasteiger charge is 2.25. The standard InChI is InChI=1S/C9H9N3OS/c1-6-8(13)12-9(14-6)11-7-3-2-4-10-5-7/h2-6H,1H3,(H,11,12,13). The Bertz CT molecular complexity index is 377. The van der Waals surface area contributed by atoms with Crippen molar-refractivity contribution in [1.82, 2.24) is 10.3 Å². The molecule has 4 nitrogen and oxygen atoms in total. The highest BCUT2D eigenvalue weighted by atomic mass is 32.2. The number of amides is 1. The zero-order valence-corrected chi connectivity index (χ0v) is 8.41. The van der Waals surface area contributed by atoms with Crippen molar-refractivity contribution in [2.24, 2.45) is 4.99 Å². The summed E-state index contributed by atoms with van der Waals surface area (Å²) in [6.07, 6.45) is 3.34. The van der Waals surface area contributed by atoms with Crippen molar-refractivity contribution in [3.05, 3.63) is 24.5 Å². The molecule has 1 amide bonds. The highest BCUT2D eigenvalue weighted by molar-refractivity contribution is 8.15. The van der Waals surface area contributed by atoms with E-state index in [-0.39, 0.29) is 11.2 Å². The molecular weight excluding hydrogens is 198 g/mol. The fourth-order valence-electron chi connectivity index (χ4n) is 1.05. The minimum Gasteiger partial charge on any atom is -0.304 e. The number of thioether (sulfide) groups is 1. The van der Waals surface area contributed by atoms with Crippen LogP contribution in [-0.4, -0.2) is 21.3 Å². The van der Waals surface area contributed by atoms with E-state index in [1.54, 1.807) is 12.4 Å². The van der Waals surface area contributed by atoms with Gasteiger partial charge < -0.3 is 5.32 Å². The molecule has 1 aliphatic rings. The highest BCUT2D eigenvalue weighted by Crippen LogP contribution is 2.21. The van der Waals surface area contributed by atoms with Gasteiger partial charge in [-0.25, -0.2) is 4.99 Å². The summed E-state index contributed by atoms with van der Waals surface area (Å²) in [5.74, 6) is 0.0117. The lowest BCUT2D eigenvalue weighted by Crippen LogP contribution is -2.23. The third-order valence-electron chi connectivity index (χ3n) is 1.76. The number of amidine groups is 1. The van der Waals surface area contributed by atoms with Crippen LogP contribution in [0.25, 0.3) is 0 Å². The number of nitrogens with zero attached hydrogens (tertiary/aromatic N) is 2. The average Bonchev–Trinajstić information content (AvgIpc) is 2.47. The van der Waals surface area contributed by atoms with Crippen molar-refractivity contribution in [1.29, 1.82) is 0 Å². The molecule has 1 saturated heterocycles. The van der Waals surface area contributed by atoms with Crippen LogP contribution in [0.1, 0.15) is 6.92 Å². The van der Waals surface area contributed by atoms with E-state index in [0.717, 1.165) is 5.69 Å². The Morgan fingerprint density at radius 2 is 2.50 bits per heavy atom. The van der Waals surface area contributed by atoms with Gasteiger partial charge >= 0.3 is 0 Å². The van der Waals surface area contributed by atoms with Crippen LogP contribution in [0.3, 0.4) is 0 Å². The molecule has 1 atom stereocenters. The largest absolute Gasteiger partial charge is 0.304 e. The Morgan fingerprint density at radius 1 is 1.64 bits per heavy atom. The van der Waals surface area contributed by atoms with E-state index in [1.807, 2.05) is 19.1 Å². The van der Waals surface area contributed by atoms with Crippen molar-refractivity contribution in [2.45, 2.75) is 12.2 Å². The summed E-state index contributed by atoms with van der Waals surface area (Å²) in [7, 11) is 0. The van der Waals surface area contributed by atoms with Crippen molar-refractivity contribution in [3.63, 3.8) is 0 Å². The van der Waals surface area contributed by atoms with Crippen LogP contribution in [0, 0.1) is 0 Å². The van der Waals surface area contributed by atoms with Crippen LogP contribution >= 0.6 is 11.8 Å². The van der Waals surface area contributed by atoms with Gasteiger partial charge in [-0.05, 0) is 19.1 Å². The van der Waals surface area contributed by atoms with E-state index in [4.69, 9.17) is 0 Å². The monoisotopic (exact) mass is 207 g/mol. The molecule has 0 spiro atoms. The van der Waals surface area contributed by atoms with Gasteiger partial charge in [0.05, 0.1) is 17.1 Å². The number of carbonyl (C=O) groups excluding carboxylic acids is 1. The molecule has 1 aromatic rings. The SMILES string of the molecule is CC1SC(=Nc2cccnc2)NC1=O. The van der Waals surface area contributed by atoms with Crippen molar-refractivity contribution < 1.29 is 4.79 Å². The first-order valence-electron chi connectivity index (χ1n) is 4.22. The maximum absolute atomic E-state index is 11.1. The summed E-state index contributed by atoms with van der Waals surface area (Å²) in [4.78, 5) is 19.3. The van der Waals surface area contributed by atoms with Gasteiger partial charge in [0.2, 0.25) is 5.91 Å². The summed E-state index contributed by atoms with van der Waals surface area (Å²) < 4.78 is 0. The van der Waals surface area contributed by atoms with Crippen molar-refractivity contribution in [2.75, 3.05) is 0 Å². The van der Waals surface area contributed by atoms with Crippen LogP contribution in [0.15, 0.2) is 29.5 Å². The smallest absolute Gasteiger partial charge is 0.239 e. The fourth-order valence-corrected chi connectivity index (χ4v) is 1.87. The van der Waals surface area contributed by atoms with E-state index in [0.29, 0.717) is 5.17 Å². The predicted molar refractivity (Wildman–Crippen MR) is 56.5 cm³/mol. The van der Waals surface area contributed by atoms with Gasteiger partial charge in [0.1, 0.15) is 0 Å². The Kier molecular flexibility index (Phi) is 2.49. The molecule has 0 saturated carbocycles. The van der Waals surface area contributed by atoms with Crippen LogP contribution in [0.5, 0.6) is 0 Å². The lowest BCUT2D eigenvalue weighted by atomic mass is 10.4. The van der Waals surface area contributed by atoms with Crippen LogP contribution < -0.4 is 5.32 Å². The number of pyridine rings is 1. The van der Waals surface area contributed by atoms with Crippen molar-refractivity contribution >= 4 is 28.5 Å². The first-order valence-corrected chi connectivity index (χ1v) is 5.10. The van der Waals surface area contributed by atoms with Crippen molar-refractivity contribution in [3.8, 4) is 0 Å². The quantitative estimate of drug-likeness (QED) is 0.755. The summed E-state index contributed by atoms with van der Waals surface area (Å²) in [6, 6.07) is 3.65. The van der Waals surface area contributed by atoms with Crippen LogP contribution in [0.4, 0.5) is 5.69 Å². The van der Waals surface area contributed by atoms with E-state index < -0.39 is 0 Å². The first-order chi connectivity index (χ1) is 6.75. The van der Waals surface area contributed by atoms with E-state index >= 15 is 0 Å². The van der Waals surface area contributed by atoms with E-state index in [1.165, 1.54) is 11.8 Å². The second-order valence-electron chi connectivity index (χ2n) is 2.88. The van der Waals surface area contributed by atoms with Gasteiger partial charge in [0, 0.05) is 6.20 Å². The molecule has 1 aromatic heterocycles. The van der Waals surface area contributed by atoms with Crippen LogP contribution in [0.2, 0.25) is 0 Å². The lowest BCUT2D eigenvalue weighted by Gasteiger charge is -1.94. The molecule has 0 bridgehead atoms. The number of carbonyl (C=O) groups is 1. The minimum absolute atomic E-state index is 0.0117. The normalized spacial score (nSPS) is 23.9. The molecule has 1 N–H and O–H groups in total. The summed E-state index contributed by atoms with van der Waals surface area (Å²) in [5, 5.41) is 3.30. The van der Waals surface area contributed by atoms with Gasteiger partial charge in [0.25, 0.3) is 0 Å². The Balaban J connectivity index is 2.17. The zero-order valence-electron chi connectivity index (χ0n) is 7.60. The zero-order chi connectivity index (χ0) is 9.97. The van der Waals surface area contributed by atoms with Crippen LogP contribution in [-0.2, 0) is 4.79 Å². The Morgan fingerprint density at radius 3 is 3.07 bits per heavy atom. The average molecular weight is 207 g/mol. The Hall–Kier alpha value is -1.36. The molecule has 0 radical (unpaired) electrons. The number of rotatable bonds is 1. The summed E-state index contributed by atoms with van der Waals surface area (Å²) in [6.45, 7) is 1.85. The second kappa shape index (κ2) is 3.79. The number of hydrogen-bond acceptors (Lipinski definition) is 4. The molecular formula is C9H9N3OS. The third-order valence-corrected chi connectivity index (χ3v) is 2.75. The maximum Gasteiger partial charge on any atom is 0.239 e. The second-order valence-corrected chi connectivity index (χ2v) is 4.21. The molecule has 5 heteroatoms. The summed E-state index contributed by atoms with van der Waals surface area (Å²) >= 11 is 1.43. The van der Waals surface area contributed by atoms with Gasteiger partial charge in [-0.2, -0.15) is 0 Å². The van der Waals surface area contributed by atoms with Gasteiger partial charge in [-0.1, -0.05) is 11.8 Å². The third kappa shape index (κ3) is 1.93. The topological polar surface area (TPSA) is 54.4 Å². The molecule has 72 valence electrons. The number of aromatic nitrogens is 1. The first kappa shape index (κ1) is 9.21. The van der Waals surface area contributed by atoms with Gasteiger partial charge in [-0.3, -0.25) is 9.78 Å². The minimum atomic E-state index is -0.0505. The fraction of sp³-hybridized carbons (Fsp3) is 0.222. The van der Waals surface area contributed by atoms with E-state index in [2.05, 4.69) is 15.3 Å². The molecule has 0 aromatic carbocycles. The number of nitrogens with one attached hydrogen (secondary N) is 1.